The van der Waals surface area contributed by atoms with E-state index >= 15 is 0 Å². The molecular weight excluding hydrogens is 558 g/mol. The molecule has 2 saturated carbocycles. The van der Waals surface area contributed by atoms with Gasteiger partial charge in [0.25, 0.3) is 17.7 Å². The molecular formula is C31H34F2N6O4. The molecule has 10 nitrogen and oxygen atoms in total. The van der Waals surface area contributed by atoms with Gasteiger partial charge in [-0.3, -0.25) is 14.4 Å². The lowest BCUT2D eigenvalue weighted by atomic mass is 10.0. The Hall–Kier alpha value is -4.61. The van der Waals surface area contributed by atoms with Gasteiger partial charge >= 0.3 is 0 Å². The number of rotatable bonds is 10. The van der Waals surface area contributed by atoms with E-state index in [-0.39, 0.29) is 42.2 Å². The number of carbonyl (C=O) groups is 3. The van der Waals surface area contributed by atoms with E-state index in [9.17, 15) is 23.2 Å². The minimum atomic E-state index is -2.74. The van der Waals surface area contributed by atoms with E-state index in [1.165, 1.54) is 19.1 Å². The minimum Gasteiger partial charge on any atom is -0.494 e. The van der Waals surface area contributed by atoms with E-state index in [1.54, 1.807) is 49.5 Å². The Morgan fingerprint density at radius 2 is 1.79 bits per heavy atom. The van der Waals surface area contributed by atoms with Crippen molar-refractivity contribution in [3.05, 3.63) is 59.8 Å². The highest BCUT2D eigenvalue weighted by atomic mass is 19.3. The van der Waals surface area contributed by atoms with Crippen LogP contribution in [-0.4, -0.2) is 66.5 Å². The van der Waals surface area contributed by atoms with Gasteiger partial charge in [-0.2, -0.15) is 0 Å². The Morgan fingerprint density at radius 1 is 1.05 bits per heavy atom. The van der Waals surface area contributed by atoms with Crippen molar-refractivity contribution in [3.8, 4) is 16.9 Å². The molecule has 1 unspecified atom stereocenters. The summed E-state index contributed by atoms with van der Waals surface area (Å²) in [5.41, 5.74) is 2.71. The van der Waals surface area contributed by atoms with Crippen molar-refractivity contribution in [2.45, 2.75) is 38.0 Å². The molecule has 1 heterocycles. The van der Waals surface area contributed by atoms with Gasteiger partial charge in [0.05, 0.1) is 18.5 Å². The average molecular weight is 593 g/mol. The molecule has 1 aromatic heterocycles. The van der Waals surface area contributed by atoms with Crippen molar-refractivity contribution in [2.75, 3.05) is 38.4 Å². The molecule has 3 aromatic rings. The lowest BCUT2D eigenvalue weighted by Crippen LogP contribution is -2.37. The average Bonchev–Trinajstić information content (AvgIpc) is 3.81. The van der Waals surface area contributed by atoms with Gasteiger partial charge in [-0.05, 0) is 49.4 Å². The van der Waals surface area contributed by atoms with Crippen molar-refractivity contribution < 1.29 is 27.9 Å². The maximum Gasteiger partial charge on any atom is 0.273 e. The molecule has 5 rings (SSSR count). The predicted octanol–water partition coefficient (Wildman–Crippen LogP) is 5.11. The summed E-state index contributed by atoms with van der Waals surface area (Å²) in [6.07, 6.45) is 2.40. The van der Waals surface area contributed by atoms with Crippen LogP contribution in [0, 0.1) is 11.8 Å². The van der Waals surface area contributed by atoms with Crippen molar-refractivity contribution in [1.82, 2.24) is 20.4 Å². The first-order chi connectivity index (χ1) is 20.6. The standard InChI is InChI=1S/C31H34F2N6O4/c1-34-29(41)26-24(16-25(37-38-26)36-28(40)19-11-12-19)35-23-8-4-7-22(27(23)43-3)18-9-13-20(14-10-18)30(42)39(2)17-21-6-5-15-31(21,32)33/h4,7-10,13-14,16,19,21H,5-6,11-12,15,17H2,1-3H3,(H,34,41)(H2,35,36,37,40). The summed E-state index contributed by atoms with van der Waals surface area (Å²) >= 11 is 0. The van der Waals surface area contributed by atoms with Gasteiger partial charge in [0, 0.05) is 56.1 Å². The van der Waals surface area contributed by atoms with Crippen LogP contribution in [0.4, 0.5) is 26.0 Å². The van der Waals surface area contributed by atoms with E-state index in [1.807, 2.05) is 6.07 Å². The number of amides is 3. The molecule has 43 heavy (non-hydrogen) atoms. The Morgan fingerprint density at radius 3 is 2.42 bits per heavy atom. The third-order valence-corrected chi connectivity index (χ3v) is 7.87. The number of methoxy groups -OCH3 is 1. The van der Waals surface area contributed by atoms with Gasteiger partial charge in [-0.1, -0.05) is 24.3 Å². The lowest BCUT2D eigenvalue weighted by Gasteiger charge is -2.25. The Bertz CT molecular complexity index is 1530. The molecule has 0 radical (unpaired) electrons. The maximum absolute atomic E-state index is 14.1. The number of hydrogen-bond acceptors (Lipinski definition) is 7. The topological polar surface area (TPSA) is 126 Å². The van der Waals surface area contributed by atoms with E-state index in [2.05, 4.69) is 26.1 Å². The van der Waals surface area contributed by atoms with Crippen LogP contribution in [-0.2, 0) is 4.79 Å². The Kier molecular flexibility index (Phi) is 8.56. The number of para-hydroxylation sites is 1. The monoisotopic (exact) mass is 592 g/mol. The summed E-state index contributed by atoms with van der Waals surface area (Å²) in [4.78, 5) is 39.2. The molecule has 1 atom stereocenters. The van der Waals surface area contributed by atoms with Crippen molar-refractivity contribution in [1.29, 1.82) is 0 Å². The highest BCUT2D eigenvalue weighted by Crippen LogP contribution is 2.41. The molecule has 12 heteroatoms. The number of anilines is 3. The van der Waals surface area contributed by atoms with Gasteiger partial charge in [-0.25, -0.2) is 8.78 Å². The first-order valence-corrected chi connectivity index (χ1v) is 14.2. The van der Waals surface area contributed by atoms with Gasteiger partial charge in [0.15, 0.2) is 11.5 Å². The molecule has 3 N–H and O–H groups in total. The highest BCUT2D eigenvalue weighted by molar-refractivity contribution is 6.00. The number of hydrogen-bond donors (Lipinski definition) is 3. The van der Waals surface area contributed by atoms with Crippen LogP contribution in [0.2, 0.25) is 0 Å². The molecule has 2 aliphatic rings. The minimum absolute atomic E-state index is 0.00298. The number of aromatic nitrogens is 2. The van der Waals surface area contributed by atoms with Gasteiger partial charge in [0.2, 0.25) is 5.91 Å². The number of carbonyl (C=O) groups excluding carboxylic acids is 3. The fraction of sp³-hybridized carbons (Fsp3) is 0.387. The third-order valence-electron chi connectivity index (χ3n) is 7.87. The molecule has 0 saturated heterocycles. The van der Waals surface area contributed by atoms with Crippen molar-refractivity contribution in [3.63, 3.8) is 0 Å². The van der Waals surface area contributed by atoms with Crippen LogP contribution < -0.4 is 20.7 Å². The second kappa shape index (κ2) is 12.3. The molecule has 2 fully saturated rings. The molecule has 0 spiro atoms. The maximum atomic E-state index is 14.1. The van der Waals surface area contributed by atoms with E-state index in [0.717, 1.165) is 18.4 Å². The van der Waals surface area contributed by atoms with E-state index < -0.39 is 17.7 Å². The second-order valence-corrected chi connectivity index (χ2v) is 11.0. The quantitative estimate of drug-likeness (QED) is 0.299. The van der Waals surface area contributed by atoms with Crippen LogP contribution in [0.5, 0.6) is 5.75 Å². The highest BCUT2D eigenvalue weighted by Gasteiger charge is 2.44. The van der Waals surface area contributed by atoms with Crippen LogP contribution in [0.1, 0.15) is 53.0 Å². The number of benzene rings is 2. The number of nitrogens with zero attached hydrogens (tertiary/aromatic N) is 3. The summed E-state index contributed by atoms with van der Waals surface area (Å²) in [5, 5.41) is 16.5. The van der Waals surface area contributed by atoms with Crippen molar-refractivity contribution >= 4 is 34.9 Å². The molecule has 0 bridgehead atoms. The fourth-order valence-electron chi connectivity index (χ4n) is 5.29. The molecule has 0 aliphatic heterocycles. The number of halogens is 2. The SMILES string of the molecule is CNC(=O)c1nnc(NC(=O)C2CC2)cc1Nc1cccc(-c2ccc(C(=O)N(C)CC3CCCC3(F)F)cc2)c1OC. The Balaban J connectivity index is 1.38. The normalized spacial score (nSPS) is 17.2. The zero-order valence-corrected chi connectivity index (χ0v) is 24.2. The van der Waals surface area contributed by atoms with E-state index in [4.69, 9.17) is 4.74 Å². The Labute approximate surface area is 248 Å². The lowest BCUT2D eigenvalue weighted by molar-refractivity contribution is -0.117. The molecule has 226 valence electrons. The van der Waals surface area contributed by atoms with Crippen LogP contribution in [0.3, 0.4) is 0 Å². The smallest absolute Gasteiger partial charge is 0.273 e. The fourth-order valence-corrected chi connectivity index (χ4v) is 5.29. The summed E-state index contributed by atoms with van der Waals surface area (Å²) in [6, 6.07) is 13.8. The van der Waals surface area contributed by atoms with Crippen molar-refractivity contribution in [2.24, 2.45) is 11.8 Å². The first-order valence-electron chi connectivity index (χ1n) is 14.2. The van der Waals surface area contributed by atoms with Crippen LogP contribution in [0.25, 0.3) is 11.1 Å². The summed E-state index contributed by atoms with van der Waals surface area (Å²) < 4.78 is 34.0. The molecule has 2 aromatic carbocycles. The number of alkyl halides is 2. The first kappa shape index (κ1) is 29.9. The second-order valence-electron chi connectivity index (χ2n) is 11.0. The summed E-state index contributed by atoms with van der Waals surface area (Å²) in [6.45, 7) is 0.00298. The van der Waals surface area contributed by atoms with Gasteiger partial charge < -0.3 is 25.6 Å². The zero-order valence-electron chi connectivity index (χ0n) is 24.2. The predicted molar refractivity (Wildman–Crippen MR) is 158 cm³/mol. The van der Waals surface area contributed by atoms with Gasteiger partial charge in [0.1, 0.15) is 5.75 Å². The van der Waals surface area contributed by atoms with Crippen LogP contribution >= 0.6 is 0 Å². The number of ether oxygens (including phenoxy) is 1. The number of nitrogens with one attached hydrogen (secondary N) is 3. The zero-order chi connectivity index (χ0) is 30.7. The summed E-state index contributed by atoms with van der Waals surface area (Å²) in [7, 11) is 4.54. The third kappa shape index (κ3) is 6.58. The molecule has 2 aliphatic carbocycles. The molecule has 3 amide bonds. The largest absolute Gasteiger partial charge is 0.494 e. The summed E-state index contributed by atoms with van der Waals surface area (Å²) in [5.74, 6) is -3.86. The van der Waals surface area contributed by atoms with Crippen LogP contribution in [0.15, 0.2) is 48.5 Å². The van der Waals surface area contributed by atoms with Gasteiger partial charge in [-0.15, -0.1) is 10.2 Å². The van der Waals surface area contributed by atoms with E-state index in [0.29, 0.717) is 41.1 Å².